The number of rotatable bonds is 6. The number of amides is 2. The Bertz CT molecular complexity index is 1190. The molecular formula is C24H18N2O7. The van der Waals surface area contributed by atoms with Gasteiger partial charge in [-0.1, -0.05) is 12.2 Å². The molecule has 1 saturated carbocycles. The van der Waals surface area contributed by atoms with Crippen LogP contribution in [0, 0.1) is 33.8 Å². The monoisotopic (exact) mass is 446 g/mol. The van der Waals surface area contributed by atoms with E-state index in [4.69, 9.17) is 4.74 Å². The Balaban J connectivity index is 1.22. The van der Waals surface area contributed by atoms with E-state index in [1.165, 1.54) is 53.4 Å². The van der Waals surface area contributed by atoms with Crippen molar-refractivity contribution in [3.05, 3.63) is 81.9 Å². The maximum absolute atomic E-state index is 12.9. The summed E-state index contributed by atoms with van der Waals surface area (Å²) in [4.78, 5) is 61.6. The van der Waals surface area contributed by atoms with Crippen LogP contribution in [0.4, 0.5) is 11.4 Å². The first-order valence-electron chi connectivity index (χ1n) is 10.5. The summed E-state index contributed by atoms with van der Waals surface area (Å²) < 4.78 is 5.05. The molecule has 2 fully saturated rings. The molecule has 2 aromatic rings. The molecule has 2 aromatic carbocycles. The van der Waals surface area contributed by atoms with Crippen molar-refractivity contribution in [1.29, 1.82) is 0 Å². The highest BCUT2D eigenvalue weighted by atomic mass is 16.6. The summed E-state index contributed by atoms with van der Waals surface area (Å²) in [7, 11) is 0. The van der Waals surface area contributed by atoms with E-state index in [0.29, 0.717) is 5.69 Å². The van der Waals surface area contributed by atoms with Crippen LogP contribution in [0.3, 0.4) is 0 Å². The van der Waals surface area contributed by atoms with Gasteiger partial charge in [0, 0.05) is 17.7 Å². The molecule has 0 aromatic heterocycles. The number of nitro groups is 1. The van der Waals surface area contributed by atoms with Gasteiger partial charge in [-0.3, -0.25) is 29.4 Å². The van der Waals surface area contributed by atoms with Gasteiger partial charge in [-0.2, -0.15) is 0 Å². The number of nitro benzene ring substituents is 1. The highest BCUT2D eigenvalue weighted by Crippen LogP contribution is 2.53. The van der Waals surface area contributed by atoms with Crippen LogP contribution in [0.2, 0.25) is 0 Å². The molecule has 0 radical (unpaired) electrons. The first-order valence-corrected chi connectivity index (χ1v) is 10.5. The molecular weight excluding hydrogens is 428 g/mol. The average Bonchev–Trinajstić information content (AvgIpc) is 3.51. The van der Waals surface area contributed by atoms with Crippen LogP contribution in [-0.4, -0.2) is 35.1 Å². The summed E-state index contributed by atoms with van der Waals surface area (Å²) in [5.74, 6) is -2.03. The molecule has 0 N–H and O–H groups in total. The van der Waals surface area contributed by atoms with Crippen LogP contribution in [0.15, 0.2) is 60.7 Å². The van der Waals surface area contributed by atoms with Crippen molar-refractivity contribution < 1.29 is 28.8 Å². The van der Waals surface area contributed by atoms with Gasteiger partial charge >= 0.3 is 5.97 Å². The van der Waals surface area contributed by atoms with E-state index < -0.39 is 23.3 Å². The van der Waals surface area contributed by atoms with Crippen LogP contribution in [0.1, 0.15) is 27.1 Å². The second kappa shape index (κ2) is 7.77. The first kappa shape index (κ1) is 20.7. The molecule has 1 saturated heterocycles. The van der Waals surface area contributed by atoms with Crippen molar-refractivity contribution >= 4 is 34.9 Å². The lowest BCUT2D eigenvalue weighted by Gasteiger charge is -2.17. The van der Waals surface area contributed by atoms with E-state index in [-0.39, 0.29) is 52.3 Å². The summed E-state index contributed by atoms with van der Waals surface area (Å²) in [6.07, 6.45) is 4.90. The second-order valence-corrected chi connectivity index (χ2v) is 8.36. The van der Waals surface area contributed by atoms with E-state index in [9.17, 15) is 29.3 Å². The number of non-ortho nitro benzene ring substituents is 1. The molecule has 2 bridgehead atoms. The predicted octanol–water partition coefficient (Wildman–Crippen LogP) is 2.95. The fourth-order valence-corrected chi connectivity index (χ4v) is 4.97. The lowest BCUT2D eigenvalue weighted by atomic mass is 9.85. The lowest BCUT2D eigenvalue weighted by Crippen LogP contribution is -2.32. The fraction of sp³-hybridized carbons (Fsp3) is 0.250. The summed E-state index contributed by atoms with van der Waals surface area (Å²) >= 11 is 0. The number of fused-ring (bicyclic) bond motifs is 5. The number of hydrogen-bond donors (Lipinski definition) is 0. The van der Waals surface area contributed by atoms with Gasteiger partial charge in [0.2, 0.25) is 11.8 Å². The third-order valence-corrected chi connectivity index (χ3v) is 6.57. The zero-order valence-corrected chi connectivity index (χ0v) is 17.2. The Kier molecular flexibility index (Phi) is 4.88. The molecule has 4 atom stereocenters. The maximum atomic E-state index is 12.9. The quantitative estimate of drug-likeness (QED) is 0.167. The summed E-state index contributed by atoms with van der Waals surface area (Å²) in [6.45, 7) is -0.527. The minimum absolute atomic E-state index is 0.115. The first-order chi connectivity index (χ1) is 15.8. The number of nitrogens with zero attached hydrogens (tertiary/aromatic N) is 2. The smallest absolute Gasteiger partial charge is 0.338 e. The van der Waals surface area contributed by atoms with Crippen LogP contribution >= 0.6 is 0 Å². The molecule has 1 aliphatic heterocycles. The number of Topliss-reactive ketones (excluding diaryl/α,β-unsaturated/α-hetero) is 1. The molecule has 3 aliphatic rings. The molecule has 1 heterocycles. The molecule has 9 nitrogen and oxygen atoms in total. The molecule has 9 heteroatoms. The van der Waals surface area contributed by atoms with Gasteiger partial charge in [-0.05, 0) is 54.7 Å². The molecule has 2 amide bonds. The Labute approximate surface area is 187 Å². The van der Waals surface area contributed by atoms with Crippen molar-refractivity contribution in [2.75, 3.05) is 11.5 Å². The fourth-order valence-electron chi connectivity index (χ4n) is 4.97. The number of benzene rings is 2. The van der Waals surface area contributed by atoms with Crippen LogP contribution in [-0.2, 0) is 14.3 Å². The van der Waals surface area contributed by atoms with E-state index >= 15 is 0 Å². The van der Waals surface area contributed by atoms with Gasteiger partial charge in [-0.25, -0.2) is 4.79 Å². The standard InChI is InChI=1S/C24H18N2O7/c27-19(13-3-9-18(10-4-13)26(31)32)12-33-24(30)14-5-7-17(8-6-14)25-22(28)20-15-1-2-16(11-15)21(20)23(25)29/h1-10,15-16,20-21H,11-12H2. The number of allylic oxidation sites excluding steroid dienone is 2. The van der Waals surface area contributed by atoms with E-state index in [1.807, 2.05) is 12.2 Å². The molecule has 2 aliphatic carbocycles. The zero-order chi connectivity index (χ0) is 23.3. The van der Waals surface area contributed by atoms with Crippen LogP contribution < -0.4 is 4.90 Å². The minimum Gasteiger partial charge on any atom is -0.454 e. The van der Waals surface area contributed by atoms with Crippen molar-refractivity contribution in [2.24, 2.45) is 23.7 Å². The Morgan fingerprint density at radius 3 is 2.00 bits per heavy atom. The van der Waals surface area contributed by atoms with Crippen molar-refractivity contribution in [3.8, 4) is 0 Å². The molecule has 33 heavy (non-hydrogen) atoms. The van der Waals surface area contributed by atoms with Crippen molar-refractivity contribution in [1.82, 2.24) is 0 Å². The van der Waals surface area contributed by atoms with E-state index in [2.05, 4.69) is 0 Å². The molecule has 0 spiro atoms. The number of esters is 1. The summed E-state index contributed by atoms with van der Waals surface area (Å²) in [5, 5.41) is 10.7. The molecule has 5 rings (SSSR count). The van der Waals surface area contributed by atoms with E-state index in [0.717, 1.165) is 6.42 Å². The topological polar surface area (TPSA) is 124 Å². The largest absolute Gasteiger partial charge is 0.454 e. The maximum Gasteiger partial charge on any atom is 0.338 e. The van der Waals surface area contributed by atoms with Gasteiger partial charge in [0.25, 0.3) is 5.69 Å². The van der Waals surface area contributed by atoms with Gasteiger partial charge in [0.1, 0.15) is 0 Å². The predicted molar refractivity (Wildman–Crippen MR) is 114 cm³/mol. The average molecular weight is 446 g/mol. The Morgan fingerprint density at radius 2 is 1.45 bits per heavy atom. The number of ether oxygens (including phenoxy) is 1. The highest BCUT2D eigenvalue weighted by Gasteiger charge is 2.59. The van der Waals surface area contributed by atoms with Crippen molar-refractivity contribution in [3.63, 3.8) is 0 Å². The number of imide groups is 1. The second-order valence-electron chi connectivity index (χ2n) is 8.36. The SMILES string of the molecule is O=C(COC(=O)c1ccc(N2C(=O)C3C4C=CC(C4)C3C2=O)cc1)c1ccc([N+](=O)[O-])cc1. The van der Waals surface area contributed by atoms with E-state index in [1.54, 1.807) is 0 Å². The summed E-state index contributed by atoms with van der Waals surface area (Å²) in [5.41, 5.74) is 0.600. The number of ketones is 1. The number of carbonyl (C=O) groups excluding carboxylic acids is 4. The zero-order valence-electron chi connectivity index (χ0n) is 17.2. The number of hydrogen-bond acceptors (Lipinski definition) is 7. The Hall–Kier alpha value is -4.14. The Morgan fingerprint density at radius 1 is 0.909 bits per heavy atom. The van der Waals surface area contributed by atoms with Gasteiger partial charge in [0.15, 0.2) is 12.4 Å². The van der Waals surface area contributed by atoms with Crippen molar-refractivity contribution in [2.45, 2.75) is 6.42 Å². The minimum atomic E-state index is -0.741. The summed E-state index contributed by atoms with van der Waals surface area (Å²) in [6, 6.07) is 10.9. The van der Waals surface area contributed by atoms with Gasteiger partial charge in [0.05, 0.1) is 28.0 Å². The lowest BCUT2D eigenvalue weighted by molar-refractivity contribution is -0.384. The number of carbonyl (C=O) groups is 4. The van der Waals surface area contributed by atoms with Gasteiger partial charge < -0.3 is 4.74 Å². The molecule has 4 unspecified atom stereocenters. The van der Waals surface area contributed by atoms with Crippen LogP contribution in [0.25, 0.3) is 0 Å². The normalized spacial score (nSPS) is 24.8. The third-order valence-electron chi connectivity index (χ3n) is 6.57. The highest BCUT2D eigenvalue weighted by molar-refractivity contribution is 6.22. The molecule has 166 valence electrons. The number of anilines is 1. The third kappa shape index (κ3) is 3.42. The van der Waals surface area contributed by atoms with Crippen LogP contribution in [0.5, 0.6) is 0 Å². The van der Waals surface area contributed by atoms with Gasteiger partial charge in [-0.15, -0.1) is 0 Å².